The molecule has 0 unspecified atom stereocenters. The van der Waals surface area contributed by atoms with E-state index in [9.17, 15) is 0 Å². The lowest BCUT2D eigenvalue weighted by Crippen LogP contribution is -2.25. The minimum Gasteiger partial charge on any atom is -0.474 e. The monoisotopic (exact) mass is 414 g/mol. The fraction of sp³-hybridized carbons (Fsp3) is 0.381. The standard InChI is InChI=1S/C21H23ClN4OS/c1-15-24-25-21(26(15)17-7-11-19(12-8-17)28-14-22)16-5-9-18(10-6-16)27-20-4-2-3-13-23-20/h2-4,7-8,11-13,16,18H,5-6,9-10,14H2,1H3/t16-,18-. The van der Waals surface area contributed by atoms with Crippen LogP contribution in [0.15, 0.2) is 53.6 Å². The number of aryl methyl sites for hydroxylation is 1. The SMILES string of the molecule is Cc1nnc([C@H]2CC[C@H](Oc3ccccn3)CC2)n1-c1ccc(SCCl)cc1. The third-order valence-corrected chi connectivity index (χ3v) is 6.17. The van der Waals surface area contributed by atoms with E-state index in [0.29, 0.717) is 17.0 Å². The molecule has 1 aromatic carbocycles. The number of hydrogen-bond acceptors (Lipinski definition) is 5. The third kappa shape index (κ3) is 4.33. The van der Waals surface area contributed by atoms with Crippen LogP contribution in [0.2, 0.25) is 0 Å². The molecule has 2 aromatic heterocycles. The van der Waals surface area contributed by atoms with Crippen LogP contribution in [0.25, 0.3) is 5.69 Å². The molecule has 0 aliphatic heterocycles. The number of thioether (sulfide) groups is 1. The molecule has 0 radical (unpaired) electrons. The van der Waals surface area contributed by atoms with Crippen LogP contribution >= 0.6 is 23.4 Å². The molecule has 146 valence electrons. The zero-order valence-corrected chi connectivity index (χ0v) is 17.4. The van der Waals surface area contributed by atoms with Crippen LogP contribution in [0.5, 0.6) is 5.88 Å². The number of rotatable bonds is 6. The fourth-order valence-electron chi connectivity index (χ4n) is 3.74. The Balaban J connectivity index is 1.46. The predicted molar refractivity (Wildman–Crippen MR) is 113 cm³/mol. The molecule has 0 saturated heterocycles. The molecule has 1 aliphatic carbocycles. The Bertz CT molecular complexity index is 893. The van der Waals surface area contributed by atoms with E-state index < -0.39 is 0 Å². The molecule has 1 saturated carbocycles. The molecule has 7 heteroatoms. The summed E-state index contributed by atoms with van der Waals surface area (Å²) in [6, 6.07) is 14.2. The maximum Gasteiger partial charge on any atom is 0.213 e. The molecule has 3 aromatic rings. The first-order valence-electron chi connectivity index (χ1n) is 9.53. The van der Waals surface area contributed by atoms with Gasteiger partial charge in [0, 0.05) is 28.8 Å². The van der Waals surface area contributed by atoms with E-state index in [1.54, 1.807) is 18.0 Å². The molecule has 2 heterocycles. The summed E-state index contributed by atoms with van der Waals surface area (Å²) in [7, 11) is 0. The number of ether oxygens (including phenoxy) is 1. The second-order valence-corrected chi connectivity index (χ2v) is 8.58. The Morgan fingerprint density at radius 2 is 1.86 bits per heavy atom. The number of benzene rings is 1. The lowest BCUT2D eigenvalue weighted by Gasteiger charge is -2.28. The second-order valence-electron chi connectivity index (χ2n) is 6.95. The Labute approximate surface area is 174 Å². The summed E-state index contributed by atoms with van der Waals surface area (Å²) in [6.45, 7) is 2.01. The molecule has 1 aliphatic rings. The van der Waals surface area contributed by atoms with E-state index >= 15 is 0 Å². The minimum atomic E-state index is 0.218. The van der Waals surface area contributed by atoms with Gasteiger partial charge in [-0.05, 0) is 62.9 Å². The van der Waals surface area contributed by atoms with Crippen LogP contribution in [0.4, 0.5) is 0 Å². The van der Waals surface area contributed by atoms with Crippen LogP contribution < -0.4 is 4.74 Å². The first kappa shape index (κ1) is 19.3. The highest BCUT2D eigenvalue weighted by Gasteiger charge is 2.28. The molecule has 0 N–H and O–H groups in total. The summed E-state index contributed by atoms with van der Waals surface area (Å²) >= 11 is 7.44. The van der Waals surface area contributed by atoms with Crippen molar-refractivity contribution in [1.29, 1.82) is 0 Å². The van der Waals surface area contributed by atoms with E-state index in [2.05, 4.69) is 44.0 Å². The van der Waals surface area contributed by atoms with Gasteiger partial charge < -0.3 is 4.74 Å². The number of hydrogen-bond donors (Lipinski definition) is 0. The van der Waals surface area contributed by atoms with E-state index in [0.717, 1.165) is 43.0 Å². The number of alkyl halides is 1. The van der Waals surface area contributed by atoms with Gasteiger partial charge >= 0.3 is 0 Å². The minimum absolute atomic E-state index is 0.218. The highest BCUT2D eigenvalue weighted by molar-refractivity contribution is 8.00. The van der Waals surface area contributed by atoms with Crippen molar-refractivity contribution in [3.63, 3.8) is 0 Å². The smallest absolute Gasteiger partial charge is 0.213 e. The van der Waals surface area contributed by atoms with Gasteiger partial charge in [-0.25, -0.2) is 4.98 Å². The molecular formula is C21H23ClN4OS. The van der Waals surface area contributed by atoms with Gasteiger partial charge in [-0.3, -0.25) is 4.57 Å². The normalized spacial score (nSPS) is 19.5. The quantitative estimate of drug-likeness (QED) is 0.401. The Morgan fingerprint density at radius 3 is 2.54 bits per heavy atom. The first-order valence-corrected chi connectivity index (χ1v) is 11.1. The second kappa shape index (κ2) is 8.97. The van der Waals surface area contributed by atoms with Gasteiger partial charge in [0.2, 0.25) is 5.88 Å². The van der Waals surface area contributed by atoms with Crippen molar-refractivity contribution < 1.29 is 4.74 Å². The summed E-state index contributed by atoms with van der Waals surface area (Å²) in [6.07, 6.45) is 6.06. The van der Waals surface area contributed by atoms with Crippen molar-refractivity contribution in [2.24, 2.45) is 0 Å². The maximum atomic E-state index is 6.03. The summed E-state index contributed by atoms with van der Waals surface area (Å²) in [5.41, 5.74) is 1.10. The van der Waals surface area contributed by atoms with Crippen molar-refractivity contribution in [2.75, 3.05) is 5.21 Å². The molecule has 0 atom stereocenters. The van der Waals surface area contributed by atoms with Gasteiger partial charge in [-0.2, -0.15) is 0 Å². The number of aromatic nitrogens is 4. The number of pyridine rings is 1. The summed E-state index contributed by atoms with van der Waals surface area (Å²) in [4.78, 5) is 5.43. The lowest BCUT2D eigenvalue weighted by molar-refractivity contribution is 0.139. The Morgan fingerprint density at radius 1 is 1.07 bits per heavy atom. The lowest BCUT2D eigenvalue weighted by atomic mass is 9.86. The van der Waals surface area contributed by atoms with Gasteiger partial charge in [0.05, 0.1) is 5.21 Å². The van der Waals surface area contributed by atoms with Crippen LogP contribution in [0, 0.1) is 6.92 Å². The highest BCUT2D eigenvalue weighted by Crippen LogP contribution is 2.35. The van der Waals surface area contributed by atoms with Crippen LogP contribution in [0.3, 0.4) is 0 Å². The molecule has 4 rings (SSSR count). The molecule has 0 bridgehead atoms. The van der Waals surface area contributed by atoms with E-state index in [4.69, 9.17) is 16.3 Å². The van der Waals surface area contributed by atoms with Gasteiger partial charge in [-0.1, -0.05) is 6.07 Å². The zero-order chi connectivity index (χ0) is 19.3. The van der Waals surface area contributed by atoms with Crippen molar-refractivity contribution in [3.8, 4) is 11.6 Å². The largest absolute Gasteiger partial charge is 0.474 e. The van der Waals surface area contributed by atoms with Crippen LogP contribution in [0.1, 0.15) is 43.3 Å². The van der Waals surface area contributed by atoms with Gasteiger partial charge in [-0.15, -0.1) is 33.6 Å². The molecular weight excluding hydrogens is 392 g/mol. The topological polar surface area (TPSA) is 52.8 Å². The van der Waals surface area contributed by atoms with Crippen LogP contribution in [-0.4, -0.2) is 31.1 Å². The summed E-state index contributed by atoms with van der Waals surface area (Å²) in [5, 5.41) is 9.43. The van der Waals surface area contributed by atoms with Crippen molar-refractivity contribution >= 4 is 23.4 Å². The number of halogens is 1. The Hall–Kier alpha value is -2.05. The third-order valence-electron chi connectivity index (χ3n) is 5.13. The van der Waals surface area contributed by atoms with Crippen molar-refractivity contribution in [1.82, 2.24) is 19.7 Å². The van der Waals surface area contributed by atoms with E-state index in [1.165, 1.54) is 4.90 Å². The van der Waals surface area contributed by atoms with Crippen molar-refractivity contribution in [2.45, 2.75) is 49.5 Å². The predicted octanol–water partition coefficient (Wildman–Crippen LogP) is 5.36. The first-order chi connectivity index (χ1) is 13.7. The maximum absolute atomic E-state index is 6.03. The highest BCUT2D eigenvalue weighted by atomic mass is 35.5. The average Bonchev–Trinajstić information content (AvgIpc) is 3.12. The molecule has 0 spiro atoms. The molecule has 1 fully saturated rings. The van der Waals surface area contributed by atoms with Crippen LogP contribution in [-0.2, 0) is 0 Å². The summed E-state index contributed by atoms with van der Waals surface area (Å²) < 4.78 is 8.21. The fourth-order valence-corrected chi connectivity index (χ4v) is 4.58. The molecule has 5 nitrogen and oxygen atoms in total. The van der Waals surface area contributed by atoms with Gasteiger partial charge in [0.15, 0.2) is 0 Å². The molecule has 0 amide bonds. The van der Waals surface area contributed by atoms with E-state index in [-0.39, 0.29) is 6.10 Å². The van der Waals surface area contributed by atoms with Crippen molar-refractivity contribution in [3.05, 3.63) is 60.3 Å². The van der Waals surface area contributed by atoms with Gasteiger partial charge in [0.25, 0.3) is 0 Å². The Kier molecular flexibility index (Phi) is 6.17. The average molecular weight is 415 g/mol. The summed E-state index contributed by atoms with van der Waals surface area (Å²) in [5.74, 6) is 3.06. The molecule has 28 heavy (non-hydrogen) atoms. The zero-order valence-electron chi connectivity index (χ0n) is 15.8. The van der Waals surface area contributed by atoms with Gasteiger partial charge in [0.1, 0.15) is 17.8 Å². The number of nitrogens with zero attached hydrogens (tertiary/aromatic N) is 4. The van der Waals surface area contributed by atoms with E-state index in [1.807, 2.05) is 25.1 Å².